The van der Waals surface area contributed by atoms with Crippen molar-refractivity contribution in [3.8, 4) is 23.7 Å². The molecular formula is C12H12O3. The van der Waals surface area contributed by atoms with Crippen LogP contribution in [0.5, 0.6) is 0 Å². The van der Waals surface area contributed by atoms with Gasteiger partial charge in [-0.25, -0.2) is 0 Å². The molecule has 0 aliphatic carbocycles. The van der Waals surface area contributed by atoms with Crippen LogP contribution in [0, 0.1) is 23.7 Å². The number of aliphatic hydroxyl groups is 1. The van der Waals surface area contributed by atoms with Crippen LogP contribution in [0.4, 0.5) is 0 Å². The number of carboxylic acid groups (broad SMARTS) is 1. The molecule has 78 valence electrons. The van der Waals surface area contributed by atoms with Gasteiger partial charge in [0.15, 0.2) is 0 Å². The largest absolute Gasteiger partial charge is 0.481 e. The van der Waals surface area contributed by atoms with Gasteiger partial charge in [-0.15, -0.1) is 0 Å². The maximum absolute atomic E-state index is 10.1. The van der Waals surface area contributed by atoms with Gasteiger partial charge in [-0.05, 0) is 11.8 Å². The zero-order valence-electron chi connectivity index (χ0n) is 8.23. The molecule has 1 atom stereocenters. The topological polar surface area (TPSA) is 57.5 Å². The number of carboxylic acids is 1. The first-order chi connectivity index (χ1) is 7.16. The Kier molecular flexibility index (Phi) is 7.49. The molecule has 0 heterocycles. The second kappa shape index (κ2) is 8.62. The normalized spacial score (nSPS) is 10.7. The van der Waals surface area contributed by atoms with Gasteiger partial charge in [-0.1, -0.05) is 36.6 Å². The summed E-state index contributed by atoms with van der Waals surface area (Å²) in [5, 5.41) is 17.2. The van der Waals surface area contributed by atoms with Gasteiger partial charge in [0, 0.05) is 6.42 Å². The van der Waals surface area contributed by atoms with Gasteiger partial charge in [0.05, 0.1) is 6.42 Å². The predicted molar refractivity (Wildman–Crippen MR) is 57.8 cm³/mol. The molecule has 0 aromatic carbocycles. The van der Waals surface area contributed by atoms with Crippen LogP contribution in [0.1, 0.15) is 12.8 Å². The molecule has 0 saturated heterocycles. The molecule has 0 amide bonds. The highest BCUT2D eigenvalue weighted by atomic mass is 16.4. The molecule has 0 aromatic heterocycles. The summed E-state index contributed by atoms with van der Waals surface area (Å²) in [6.07, 6.45) is 4.10. The van der Waals surface area contributed by atoms with Crippen molar-refractivity contribution in [1.82, 2.24) is 0 Å². The SMILES string of the molecule is C=CC(O)C#CC#CCC=CCC(=O)O. The Morgan fingerprint density at radius 2 is 2.13 bits per heavy atom. The molecule has 0 aliphatic rings. The molecule has 2 N–H and O–H groups in total. The third-order valence-electron chi connectivity index (χ3n) is 1.27. The van der Waals surface area contributed by atoms with E-state index in [2.05, 4.69) is 30.3 Å². The molecule has 0 aliphatic heterocycles. The Morgan fingerprint density at radius 3 is 2.73 bits per heavy atom. The highest BCUT2D eigenvalue weighted by molar-refractivity contribution is 5.68. The molecule has 3 heteroatoms. The van der Waals surface area contributed by atoms with Gasteiger partial charge in [-0.3, -0.25) is 4.79 Å². The van der Waals surface area contributed by atoms with E-state index in [1.54, 1.807) is 6.08 Å². The molecule has 0 radical (unpaired) electrons. The molecule has 0 fully saturated rings. The quantitative estimate of drug-likeness (QED) is 0.529. The highest BCUT2D eigenvalue weighted by Crippen LogP contribution is 1.85. The Hall–Kier alpha value is -1.97. The Balaban J connectivity index is 3.79. The van der Waals surface area contributed by atoms with E-state index >= 15 is 0 Å². The zero-order valence-corrected chi connectivity index (χ0v) is 8.23. The van der Waals surface area contributed by atoms with Crippen molar-refractivity contribution in [1.29, 1.82) is 0 Å². The van der Waals surface area contributed by atoms with E-state index in [-0.39, 0.29) is 6.42 Å². The fraction of sp³-hybridized carbons (Fsp3) is 0.250. The maximum atomic E-state index is 10.1. The number of aliphatic carboxylic acids is 1. The maximum Gasteiger partial charge on any atom is 0.307 e. The fourth-order valence-electron chi connectivity index (χ4n) is 0.591. The summed E-state index contributed by atoms with van der Waals surface area (Å²) < 4.78 is 0. The van der Waals surface area contributed by atoms with Gasteiger partial charge in [-0.2, -0.15) is 0 Å². The molecule has 0 bridgehead atoms. The van der Waals surface area contributed by atoms with Crippen molar-refractivity contribution >= 4 is 5.97 Å². The average Bonchev–Trinajstić information content (AvgIpc) is 2.21. The van der Waals surface area contributed by atoms with Crippen molar-refractivity contribution in [3.63, 3.8) is 0 Å². The van der Waals surface area contributed by atoms with Crippen LogP contribution in [0.25, 0.3) is 0 Å². The van der Waals surface area contributed by atoms with Crippen LogP contribution in [0.2, 0.25) is 0 Å². The lowest BCUT2D eigenvalue weighted by molar-refractivity contribution is -0.136. The molecule has 3 nitrogen and oxygen atoms in total. The summed E-state index contributed by atoms with van der Waals surface area (Å²) in [6, 6.07) is 0. The number of aliphatic hydroxyl groups excluding tert-OH is 1. The first kappa shape index (κ1) is 13.0. The van der Waals surface area contributed by atoms with Gasteiger partial charge < -0.3 is 10.2 Å². The van der Waals surface area contributed by atoms with E-state index in [9.17, 15) is 4.79 Å². The fourth-order valence-corrected chi connectivity index (χ4v) is 0.591. The van der Waals surface area contributed by atoms with Gasteiger partial charge in [0.2, 0.25) is 0 Å². The van der Waals surface area contributed by atoms with Crippen LogP contribution in [-0.4, -0.2) is 22.3 Å². The minimum absolute atomic E-state index is 0.00252. The lowest BCUT2D eigenvalue weighted by Crippen LogP contribution is -1.94. The highest BCUT2D eigenvalue weighted by Gasteiger charge is 1.87. The first-order valence-corrected chi connectivity index (χ1v) is 4.32. The van der Waals surface area contributed by atoms with E-state index in [0.29, 0.717) is 6.42 Å². The lowest BCUT2D eigenvalue weighted by Gasteiger charge is -1.86. The van der Waals surface area contributed by atoms with Crippen molar-refractivity contribution in [3.05, 3.63) is 24.8 Å². The van der Waals surface area contributed by atoms with E-state index in [4.69, 9.17) is 10.2 Å². The van der Waals surface area contributed by atoms with Crippen LogP contribution in [-0.2, 0) is 4.79 Å². The second-order valence-electron chi connectivity index (χ2n) is 2.53. The number of allylic oxidation sites excluding steroid dienone is 1. The summed E-state index contributed by atoms with van der Waals surface area (Å²) in [5.74, 6) is 9.23. The van der Waals surface area contributed by atoms with Crippen LogP contribution >= 0.6 is 0 Å². The third kappa shape index (κ3) is 9.95. The number of hydrogen-bond acceptors (Lipinski definition) is 2. The van der Waals surface area contributed by atoms with E-state index in [1.807, 2.05) is 0 Å². The molecule has 0 aromatic rings. The van der Waals surface area contributed by atoms with Crippen LogP contribution < -0.4 is 0 Å². The van der Waals surface area contributed by atoms with Gasteiger partial charge in [0.25, 0.3) is 0 Å². The number of carbonyl (C=O) groups is 1. The van der Waals surface area contributed by atoms with Gasteiger partial charge in [0.1, 0.15) is 6.10 Å². The van der Waals surface area contributed by atoms with Crippen LogP contribution in [0.3, 0.4) is 0 Å². The summed E-state index contributed by atoms with van der Waals surface area (Å²) >= 11 is 0. The summed E-state index contributed by atoms with van der Waals surface area (Å²) in [5.41, 5.74) is 0. The molecule has 0 rings (SSSR count). The smallest absolute Gasteiger partial charge is 0.307 e. The summed E-state index contributed by atoms with van der Waals surface area (Å²) in [7, 11) is 0. The predicted octanol–water partition coefficient (Wildman–Crippen LogP) is 0.961. The lowest BCUT2D eigenvalue weighted by atomic mass is 10.3. The molecular weight excluding hydrogens is 192 g/mol. The molecule has 0 saturated carbocycles. The molecule has 15 heavy (non-hydrogen) atoms. The van der Waals surface area contributed by atoms with E-state index in [1.165, 1.54) is 12.2 Å². The zero-order chi connectivity index (χ0) is 11.5. The first-order valence-electron chi connectivity index (χ1n) is 4.32. The Labute approximate surface area is 89.1 Å². The van der Waals surface area contributed by atoms with Crippen molar-refractivity contribution < 1.29 is 15.0 Å². The number of hydrogen-bond donors (Lipinski definition) is 2. The standard InChI is InChI=1S/C12H12O3/c1-2-11(13)9-7-5-3-4-6-8-10-12(14)15/h2,6,8,11,13H,1,4,10H2,(H,14,15). The summed E-state index contributed by atoms with van der Waals surface area (Å²) in [6.45, 7) is 3.35. The van der Waals surface area contributed by atoms with Crippen molar-refractivity contribution in [2.75, 3.05) is 0 Å². The number of rotatable bonds is 4. The van der Waals surface area contributed by atoms with Gasteiger partial charge >= 0.3 is 5.97 Å². The van der Waals surface area contributed by atoms with E-state index < -0.39 is 12.1 Å². The summed E-state index contributed by atoms with van der Waals surface area (Å²) in [4.78, 5) is 10.1. The van der Waals surface area contributed by atoms with Crippen molar-refractivity contribution in [2.45, 2.75) is 18.9 Å². The Morgan fingerprint density at radius 1 is 1.40 bits per heavy atom. The van der Waals surface area contributed by atoms with Crippen molar-refractivity contribution in [2.24, 2.45) is 0 Å². The minimum Gasteiger partial charge on any atom is -0.481 e. The van der Waals surface area contributed by atoms with E-state index in [0.717, 1.165) is 0 Å². The average molecular weight is 204 g/mol. The second-order valence-corrected chi connectivity index (χ2v) is 2.53. The van der Waals surface area contributed by atoms with Crippen LogP contribution in [0.15, 0.2) is 24.8 Å². The molecule has 0 spiro atoms. The monoisotopic (exact) mass is 204 g/mol. The third-order valence-corrected chi connectivity index (χ3v) is 1.27. The molecule has 1 unspecified atom stereocenters. The Bertz CT molecular complexity index is 358. The minimum atomic E-state index is -0.867.